The van der Waals surface area contributed by atoms with Crippen LogP contribution in [0.5, 0.6) is 0 Å². The van der Waals surface area contributed by atoms with Crippen molar-refractivity contribution < 1.29 is 9.50 Å². The van der Waals surface area contributed by atoms with Gasteiger partial charge in [-0.05, 0) is 0 Å². The molecule has 3 heteroatoms. The molecule has 0 aliphatic carbocycles. The van der Waals surface area contributed by atoms with E-state index in [2.05, 4.69) is 4.74 Å². The van der Waals surface area contributed by atoms with Gasteiger partial charge in [0.2, 0.25) is 6.54 Å². The molecule has 0 aromatic carbocycles. The minimum absolute atomic E-state index is 0.486. The molecular formula is C3H5NO2+. The van der Waals surface area contributed by atoms with E-state index in [4.69, 9.17) is 0 Å². The lowest BCUT2D eigenvalue weighted by Crippen LogP contribution is -1.94. The molecular weight excluding hydrogens is 82.0 g/mol. The van der Waals surface area contributed by atoms with E-state index in [1.165, 1.54) is 6.73 Å². The van der Waals surface area contributed by atoms with Crippen LogP contribution in [0.4, 0.5) is 0 Å². The van der Waals surface area contributed by atoms with Crippen LogP contribution < -0.4 is 0 Å². The molecule has 3 nitrogen and oxygen atoms in total. The lowest BCUT2D eigenvalue weighted by molar-refractivity contribution is -0.502. The summed E-state index contributed by atoms with van der Waals surface area (Å²) in [6, 6.07) is 0. The maximum Gasteiger partial charge on any atom is 0.398 e. The number of ether oxygens (including phenoxy) is 1. The van der Waals surface area contributed by atoms with Crippen LogP contribution in [-0.2, 0) is 4.74 Å². The molecule has 0 N–H and O–H groups in total. The smallest absolute Gasteiger partial charge is 0.304 e. The van der Waals surface area contributed by atoms with E-state index in [-0.39, 0.29) is 0 Å². The van der Waals surface area contributed by atoms with Crippen molar-refractivity contribution in [3.63, 3.8) is 0 Å². The highest BCUT2D eigenvalue weighted by atomic mass is 16.5. The predicted molar refractivity (Wildman–Crippen MR) is 18.7 cm³/mol. The first-order chi connectivity index (χ1) is 2.89. The average Bonchev–Trinajstić information content (AvgIpc) is 1.86. The van der Waals surface area contributed by atoms with E-state index >= 15 is 0 Å². The third kappa shape index (κ3) is 0.542. The number of hydrogen-bond donors (Lipinski definition) is 0. The second-order valence-electron chi connectivity index (χ2n) is 1.12. The van der Waals surface area contributed by atoms with Crippen LogP contribution in [-0.4, -0.2) is 17.9 Å². The topological polar surface area (TPSA) is 29.3 Å². The number of rotatable bonds is 0. The van der Waals surface area contributed by atoms with Crippen molar-refractivity contribution in [2.24, 2.45) is 0 Å². The number of nitrogens with zero attached hydrogens (tertiary/aromatic N) is 1. The predicted octanol–water partition coefficient (Wildman–Crippen LogP) is -0.0852. The van der Waals surface area contributed by atoms with E-state index in [9.17, 15) is 4.91 Å². The fourth-order valence-corrected chi connectivity index (χ4v) is 0.331. The van der Waals surface area contributed by atoms with Gasteiger partial charge in [-0.3, -0.25) is 0 Å². The minimum Gasteiger partial charge on any atom is -0.304 e. The van der Waals surface area contributed by atoms with E-state index < -0.39 is 0 Å². The van der Waals surface area contributed by atoms with Crippen LogP contribution in [0, 0.1) is 11.6 Å². The minimum atomic E-state index is 0.486. The highest BCUT2D eigenvalue weighted by molar-refractivity contribution is 4.36. The maximum atomic E-state index is 9.98. The van der Waals surface area contributed by atoms with Crippen molar-refractivity contribution >= 4 is 0 Å². The molecule has 0 aromatic heterocycles. The van der Waals surface area contributed by atoms with Gasteiger partial charge >= 0.3 is 6.73 Å². The Balaban J connectivity index is 2.37. The Kier molecular flexibility index (Phi) is 0.837. The van der Waals surface area contributed by atoms with Crippen LogP contribution in [0.25, 0.3) is 0 Å². The van der Waals surface area contributed by atoms with Gasteiger partial charge in [0.15, 0.2) is 0 Å². The van der Waals surface area contributed by atoms with Crippen LogP contribution in [0.2, 0.25) is 0 Å². The standard InChI is InChI=1S/C3H5NO2/c5-4-1-2-6-3-4/h3H,1-2H2/q+1. The van der Waals surface area contributed by atoms with Gasteiger partial charge in [-0.2, -0.15) is 0 Å². The fourth-order valence-electron chi connectivity index (χ4n) is 0.331. The average molecular weight is 87.1 g/mol. The van der Waals surface area contributed by atoms with Crippen molar-refractivity contribution in [3.05, 3.63) is 11.6 Å². The first-order valence-electron chi connectivity index (χ1n) is 1.78. The Morgan fingerprint density at radius 2 is 2.67 bits per heavy atom. The van der Waals surface area contributed by atoms with Gasteiger partial charge in [0.1, 0.15) is 6.61 Å². The molecule has 1 heterocycles. The second kappa shape index (κ2) is 1.34. The zero-order valence-corrected chi connectivity index (χ0v) is 3.26. The molecule has 0 spiro atoms. The summed E-state index contributed by atoms with van der Waals surface area (Å²) in [7, 11) is 0. The van der Waals surface area contributed by atoms with Gasteiger partial charge in [0, 0.05) is 9.67 Å². The molecule has 1 radical (unpaired) electrons. The summed E-state index contributed by atoms with van der Waals surface area (Å²) in [6.45, 7) is 2.21. The molecule has 0 bridgehead atoms. The largest absolute Gasteiger partial charge is 0.398 e. The van der Waals surface area contributed by atoms with Crippen molar-refractivity contribution in [2.75, 3.05) is 13.2 Å². The quantitative estimate of drug-likeness (QED) is 0.386. The molecule has 1 rings (SSSR count). The maximum absolute atomic E-state index is 9.98. The van der Waals surface area contributed by atoms with Gasteiger partial charge in [-0.15, -0.1) is 0 Å². The summed E-state index contributed by atoms with van der Waals surface area (Å²) in [6.07, 6.45) is 0. The molecule has 1 saturated heterocycles. The van der Waals surface area contributed by atoms with Crippen LogP contribution in [0.1, 0.15) is 0 Å². The third-order valence-electron chi connectivity index (χ3n) is 0.622. The van der Waals surface area contributed by atoms with Gasteiger partial charge in [-0.1, -0.05) is 0 Å². The molecule has 0 amide bonds. The molecule has 1 aliphatic rings. The summed E-state index contributed by atoms with van der Waals surface area (Å²) in [5, 5.41) is 0. The van der Waals surface area contributed by atoms with E-state index in [1.54, 1.807) is 0 Å². The van der Waals surface area contributed by atoms with Gasteiger partial charge < -0.3 is 4.74 Å². The Labute approximate surface area is 35.5 Å². The molecule has 33 valence electrons. The summed E-state index contributed by atoms with van der Waals surface area (Å²) < 4.78 is 5.31. The monoisotopic (exact) mass is 87.0 g/mol. The molecule has 0 atom stereocenters. The van der Waals surface area contributed by atoms with Crippen molar-refractivity contribution in [2.45, 2.75) is 0 Å². The normalized spacial score (nSPS) is 22.3. The van der Waals surface area contributed by atoms with Gasteiger partial charge in [0.25, 0.3) is 0 Å². The molecule has 6 heavy (non-hydrogen) atoms. The van der Waals surface area contributed by atoms with Gasteiger partial charge in [-0.25, -0.2) is 0 Å². The Hall–Kier alpha value is -0.440. The highest BCUT2D eigenvalue weighted by Gasteiger charge is 2.17. The molecule has 1 fully saturated rings. The SMILES string of the molecule is O=[N+]1[CH]OCC1. The van der Waals surface area contributed by atoms with Crippen LogP contribution in [0.15, 0.2) is 0 Å². The highest BCUT2D eigenvalue weighted by Crippen LogP contribution is 1.92. The summed E-state index contributed by atoms with van der Waals surface area (Å²) in [4.78, 5) is 9.98. The zero-order chi connectivity index (χ0) is 4.41. The first-order valence-corrected chi connectivity index (χ1v) is 1.78. The Morgan fingerprint density at radius 3 is 2.83 bits per heavy atom. The van der Waals surface area contributed by atoms with Crippen LogP contribution in [0.3, 0.4) is 0 Å². The lowest BCUT2D eigenvalue weighted by atomic mass is 10.7. The molecule has 0 saturated carbocycles. The lowest BCUT2D eigenvalue weighted by Gasteiger charge is -1.64. The zero-order valence-electron chi connectivity index (χ0n) is 3.26. The van der Waals surface area contributed by atoms with E-state index in [0.29, 0.717) is 13.2 Å². The summed E-state index contributed by atoms with van der Waals surface area (Å²) >= 11 is 0. The molecule has 1 aliphatic heterocycles. The summed E-state index contributed by atoms with van der Waals surface area (Å²) in [5.41, 5.74) is 0. The fraction of sp³-hybridized carbons (Fsp3) is 0.667. The van der Waals surface area contributed by atoms with E-state index in [1.807, 2.05) is 0 Å². The molecule has 0 aromatic rings. The summed E-state index contributed by atoms with van der Waals surface area (Å²) in [5.74, 6) is 0. The van der Waals surface area contributed by atoms with E-state index in [0.717, 1.165) is 4.76 Å². The van der Waals surface area contributed by atoms with Crippen molar-refractivity contribution in [3.8, 4) is 0 Å². The molecule has 0 unspecified atom stereocenters. The first kappa shape index (κ1) is 3.74. The third-order valence-corrected chi connectivity index (χ3v) is 0.622. The Morgan fingerprint density at radius 1 is 1.83 bits per heavy atom. The Bertz CT molecular complexity index is 63.2. The second-order valence-corrected chi connectivity index (χ2v) is 1.12. The van der Waals surface area contributed by atoms with Crippen molar-refractivity contribution in [1.82, 2.24) is 0 Å². The van der Waals surface area contributed by atoms with Crippen LogP contribution >= 0.6 is 0 Å². The van der Waals surface area contributed by atoms with Gasteiger partial charge in [0.05, 0.1) is 0 Å². The number of hydrogen-bond acceptors (Lipinski definition) is 2. The number of nitroso groups, excluding NO2 is 1. The van der Waals surface area contributed by atoms with Crippen molar-refractivity contribution in [1.29, 1.82) is 0 Å².